The molecule has 0 aliphatic carbocycles. The Morgan fingerprint density at radius 1 is 1.52 bits per heavy atom. The number of aromatic nitrogens is 2. The molecular weight excluding hydrogens is 315 g/mol. The van der Waals surface area contributed by atoms with Crippen molar-refractivity contribution in [2.24, 2.45) is 0 Å². The molecule has 21 heavy (non-hydrogen) atoms. The molecule has 1 aliphatic heterocycles. The zero-order chi connectivity index (χ0) is 15.2. The topological polar surface area (TPSA) is 52.0 Å². The van der Waals surface area contributed by atoms with Crippen molar-refractivity contribution in [2.45, 2.75) is 36.9 Å². The molecule has 1 saturated heterocycles. The smallest absolute Gasteiger partial charge is 0.154 e. The first kappa shape index (κ1) is 14.8. The van der Waals surface area contributed by atoms with Crippen molar-refractivity contribution in [3.05, 3.63) is 29.8 Å². The van der Waals surface area contributed by atoms with Crippen molar-refractivity contribution in [2.75, 3.05) is 5.75 Å². The SMILES string of the molecule is CC(Cl)c1nc2c(F)cccc2n1CC1CCCS1(=O)=O. The van der Waals surface area contributed by atoms with Gasteiger partial charge >= 0.3 is 0 Å². The van der Waals surface area contributed by atoms with Gasteiger partial charge in [-0.1, -0.05) is 6.07 Å². The van der Waals surface area contributed by atoms with Crippen LogP contribution in [0.2, 0.25) is 0 Å². The summed E-state index contributed by atoms with van der Waals surface area (Å²) in [6.45, 7) is 2.04. The normalized spacial score (nSPS) is 22.7. The van der Waals surface area contributed by atoms with Gasteiger partial charge in [-0.05, 0) is 31.9 Å². The number of hydrogen-bond donors (Lipinski definition) is 0. The summed E-state index contributed by atoms with van der Waals surface area (Å²) < 4.78 is 39.7. The number of imidazole rings is 1. The van der Waals surface area contributed by atoms with E-state index in [4.69, 9.17) is 11.6 Å². The van der Waals surface area contributed by atoms with Gasteiger partial charge in [-0.2, -0.15) is 0 Å². The number of halogens is 2. The molecular formula is C14H16ClFN2O2S. The maximum absolute atomic E-state index is 13.9. The second-order valence-electron chi connectivity index (χ2n) is 5.44. The Hall–Kier alpha value is -1.14. The summed E-state index contributed by atoms with van der Waals surface area (Å²) >= 11 is 6.13. The average molecular weight is 331 g/mol. The van der Waals surface area contributed by atoms with Crippen molar-refractivity contribution in [3.8, 4) is 0 Å². The summed E-state index contributed by atoms with van der Waals surface area (Å²) in [7, 11) is -3.07. The summed E-state index contributed by atoms with van der Waals surface area (Å²) in [6, 6.07) is 4.69. The Bertz CT molecular complexity index is 786. The summed E-state index contributed by atoms with van der Waals surface area (Å²) in [5.41, 5.74) is 0.843. The molecule has 2 heterocycles. The Morgan fingerprint density at radius 2 is 2.29 bits per heavy atom. The van der Waals surface area contributed by atoms with Gasteiger partial charge in [-0.15, -0.1) is 11.6 Å². The minimum Gasteiger partial charge on any atom is -0.325 e. The molecule has 0 bridgehead atoms. The lowest BCUT2D eigenvalue weighted by Crippen LogP contribution is -2.23. The Kier molecular flexibility index (Phi) is 3.69. The minimum absolute atomic E-state index is 0.227. The molecule has 0 radical (unpaired) electrons. The molecule has 1 aromatic carbocycles. The van der Waals surface area contributed by atoms with Gasteiger partial charge in [0.25, 0.3) is 0 Å². The Labute approximate surface area is 127 Å². The third kappa shape index (κ3) is 2.55. The van der Waals surface area contributed by atoms with Crippen molar-refractivity contribution < 1.29 is 12.8 Å². The van der Waals surface area contributed by atoms with Gasteiger partial charge < -0.3 is 4.57 Å². The summed E-state index contributed by atoms with van der Waals surface area (Å²) in [6.07, 6.45) is 1.31. The highest BCUT2D eigenvalue weighted by molar-refractivity contribution is 7.92. The first-order valence-corrected chi connectivity index (χ1v) is 9.05. The molecule has 1 aliphatic rings. The lowest BCUT2D eigenvalue weighted by Gasteiger charge is -2.15. The average Bonchev–Trinajstić information content (AvgIpc) is 2.93. The van der Waals surface area contributed by atoms with Gasteiger partial charge in [-0.25, -0.2) is 17.8 Å². The van der Waals surface area contributed by atoms with E-state index in [1.165, 1.54) is 6.07 Å². The third-order valence-electron chi connectivity index (χ3n) is 3.96. The van der Waals surface area contributed by atoms with Crippen LogP contribution in [0, 0.1) is 5.82 Å². The fourth-order valence-corrected chi connectivity index (χ4v) is 4.86. The Balaban J connectivity index is 2.12. The van der Waals surface area contributed by atoms with Gasteiger partial charge in [0.15, 0.2) is 15.7 Å². The lowest BCUT2D eigenvalue weighted by molar-refractivity contribution is 0.562. The van der Waals surface area contributed by atoms with Crippen LogP contribution in [0.15, 0.2) is 18.2 Å². The molecule has 2 atom stereocenters. The van der Waals surface area contributed by atoms with E-state index in [2.05, 4.69) is 4.98 Å². The van der Waals surface area contributed by atoms with E-state index < -0.39 is 26.3 Å². The number of hydrogen-bond acceptors (Lipinski definition) is 3. The molecule has 0 saturated carbocycles. The first-order chi connectivity index (χ1) is 9.90. The summed E-state index contributed by atoms with van der Waals surface area (Å²) in [4.78, 5) is 4.26. The standard InChI is InChI=1S/C14H16ClFN2O2S/c1-9(15)14-17-13-11(16)5-2-6-12(13)18(14)8-10-4-3-7-21(10,19)20/h2,5-6,9-10H,3-4,7-8H2,1H3. The van der Waals surface area contributed by atoms with E-state index in [1.807, 2.05) is 0 Å². The van der Waals surface area contributed by atoms with Gasteiger partial charge in [0, 0.05) is 6.54 Å². The molecule has 2 aromatic rings. The number of rotatable bonds is 3. The van der Waals surface area contributed by atoms with Crippen LogP contribution in [0.1, 0.15) is 31.0 Å². The predicted octanol–water partition coefficient (Wildman–Crippen LogP) is 3.05. The second kappa shape index (κ2) is 5.25. The minimum atomic E-state index is -3.07. The molecule has 0 N–H and O–H groups in total. The van der Waals surface area contributed by atoms with Crippen LogP contribution in [0.4, 0.5) is 4.39 Å². The molecule has 2 unspecified atom stereocenters. The van der Waals surface area contributed by atoms with Crippen LogP contribution >= 0.6 is 11.6 Å². The highest BCUT2D eigenvalue weighted by atomic mass is 35.5. The quantitative estimate of drug-likeness (QED) is 0.813. The molecule has 1 aromatic heterocycles. The van der Waals surface area contributed by atoms with Gasteiger partial charge in [0.2, 0.25) is 0 Å². The van der Waals surface area contributed by atoms with Crippen molar-refractivity contribution in [3.63, 3.8) is 0 Å². The van der Waals surface area contributed by atoms with Crippen molar-refractivity contribution in [1.82, 2.24) is 9.55 Å². The van der Waals surface area contributed by atoms with E-state index in [0.717, 1.165) is 0 Å². The summed E-state index contributed by atoms with van der Waals surface area (Å²) in [5.74, 6) is 0.322. The van der Waals surface area contributed by atoms with Crippen LogP contribution in [0.5, 0.6) is 0 Å². The number of fused-ring (bicyclic) bond motifs is 1. The molecule has 1 fully saturated rings. The summed E-state index contributed by atoms with van der Waals surface area (Å²) in [5, 5.41) is -0.853. The van der Waals surface area contributed by atoms with Crippen molar-refractivity contribution >= 4 is 32.5 Å². The molecule has 0 amide bonds. The fourth-order valence-electron chi connectivity index (χ4n) is 2.89. The van der Waals surface area contributed by atoms with Crippen LogP contribution in [-0.4, -0.2) is 29.0 Å². The van der Waals surface area contributed by atoms with Crippen LogP contribution in [0.25, 0.3) is 11.0 Å². The number of sulfone groups is 1. The second-order valence-corrected chi connectivity index (χ2v) is 8.49. The maximum atomic E-state index is 13.9. The van der Waals surface area contributed by atoms with E-state index in [9.17, 15) is 12.8 Å². The molecule has 114 valence electrons. The van der Waals surface area contributed by atoms with E-state index in [1.54, 1.807) is 23.6 Å². The number of para-hydroxylation sites is 1. The number of nitrogens with zero attached hydrogens (tertiary/aromatic N) is 2. The highest BCUT2D eigenvalue weighted by Crippen LogP contribution is 2.29. The third-order valence-corrected chi connectivity index (χ3v) is 6.42. The van der Waals surface area contributed by atoms with E-state index in [-0.39, 0.29) is 17.8 Å². The van der Waals surface area contributed by atoms with Gasteiger partial charge in [-0.3, -0.25) is 0 Å². The van der Waals surface area contributed by atoms with E-state index in [0.29, 0.717) is 24.2 Å². The van der Waals surface area contributed by atoms with Crippen molar-refractivity contribution in [1.29, 1.82) is 0 Å². The molecule has 4 nitrogen and oxygen atoms in total. The molecule has 0 spiro atoms. The predicted molar refractivity (Wildman–Crippen MR) is 80.8 cm³/mol. The molecule has 3 rings (SSSR count). The number of alkyl halides is 1. The van der Waals surface area contributed by atoms with E-state index >= 15 is 0 Å². The van der Waals surface area contributed by atoms with Crippen LogP contribution < -0.4 is 0 Å². The molecule has 7 heteroatoms. The van der Waals surface area contributed by atoms with Crippen LogP contribution in [0.3, 0.4) is 0 Å². The van der Waals surface area contributed by atoms with Gasteiger partial charge in [0.1, 0.15) is 11.3 Å². The van der Waals surface area contributed by atoms with Crippen LogP contribution in [-0.2, 0) is 16.4 Å². The zero-order valence-electron chi connectivity index (χ0n) is 11.6. The largest absolute Gasteiger partial charge is 0.325 e. The fraction of sp³-hybridized carbons (Fsp3) is 0.500. The van der Waals surface area contributed by atoms with Gasteiger partial charge in [0.05, 0.1) is 21.9 Å². The zero-order valence-corrected chi connectivity index (χ0v) is 13.2. The Morgan fingerprint density at radius 3 is 2.90 bits per heavy atom. The first-order valence-electron chi connectivity index (χ1n) is 6.90. The number of benzene rings is 1. The maximum Gasteiger partial charge on any atom is 0.154 e. The monoisotopic (exact) mass is 330 g/mol. The highest BCUT2D eigenvalue weighted by Gasteiger charge is 2.33. The lowest BCUT2D eigenvalue weighted by atomic mass is 10.2.